The van der Waals surface area contributed by atoms with E-state index in [4.69, 9.17) is 10.5 Å². The van der Waals surface area contributed by atoms with Gasteiger partial charge in [-0.2, -0.15) is 5.26 Å². The molecule has 0 radical (unpaired) electrons. The SMILES string of the molecule is CC1(C)CC(=O)C2=C(C1)N(N1CCOCC1)C(N)=C(C#N)[C@H]2c1cccc(Br)c1. The summed E-state index contributed by atoms with van der Waals surface area (Å²) in [6, 6.07) is 10.1. The van der Waals surface area contributed by atoms with E-state index in [2.05, 4.69) is 40.9 Å². The number of ketones is 1. The van der Waals surface area contributed by atoms with Crippen LogP contribution in [-0.2, 0) is 9.53 Å². The van der Waals surface area contributed by atoms with Gasteiger partial charge in [-0.15, -0.1) is 0 Å². The normalized spacial score (nSPS) is 25.1. The fourth-order valence-corrected chi connectivity index (χ4v) is 5.01. The molecule has 0 bridgehead atoms. The Bertz CT molecular complexity index is 954. The lowest BCUT2D eigenvalue weighted by Crippen LogP contribution is -2.53. The minimum atomic E-state index is -0.437. The molecule has 1 aromatic rings. The van der Waals surface area contributed by atoms with E-state index in [0.717, 1.165) is 22.2 Å². The molecule has 0 aromatic heterocycles. The first-order valence-corrected chi connectivity index (χ1v) is 10.7. The third kappa shape index (κ3) is 3.61. The molecule has 4 rings (SSSR count). The minimum absolute atomic E-state index is 0.0970. The van der Waals surface area contributed by atoms with E-state index in [0.29, 0.717) is 49.7 Å². The molecule has 1 aromatic carbocycles. The Labute approximate surface area is 179 Å². The number of nitrogens with zero attached hydrogens (tertiary/aromatic N) is 3. The van der Waals surface area contributed by atoms with Gasteiger partial charge in [0, 0.05) is 35.3 Å². The summed E-state index contributed by atoms with van der Waals surface area (Å²) in [5.41, 5.74) is 9.42. The van der Waals surface area contributed by atoms with Crippen LogP contribution in [0.2, 0.25) is 0 Å². The summed E-state index contributed by atoms with van der Waals surface area (Å²) >= 11 is 3.52. The summed E-state index contributed by atoms with van der Waals surface area (Å²) in [7, 11) is 0. The molecule has 0 saturated carbocycles. The Morgan fingerprint density at radius 1 is 1.28 bits per heavy atom. The number of ether oxygens (including phenoxy) is 1. The average molecular weight is 457 g/mol. The number of hydrazine groups is 1. The van der Waals surface area contributed by atoms with Crippen molar-refractivity contribution < 1.29 is 9.53 Å². The molecule has 152 valence electrons. The van der Waals surface area contributed by atoms with Crippen LogP contribution in [0, 0.1) is 16.7 Å². The number of carbonyl (C=O) groups is 1. The first-order valence-electron chi connectivity index (χ1n) is 9.86. The van der Waals surface area contributed by atoms with Crippen molar-refractivity contribution in [3.8, 4) is 6.07 Å². The van der Waals surface area contributed by atoms with Crippen LogP contribution in [0.5, 0.6) is 0 Å². The predicted molar refractivity (Wildman–Crippen MR) is 113 cm³/mol. The first kappa shape index (κ1) is 20.1. The van der Waals surface area contributed by atoms with Crippen LogP contribution in [0.3, 0.4) is 0 Å². The summed E-state index contributed by atoms with van der Waals surface area (Å²) in [5, 5.41) is 14.1. The van der Waals surface area contributed by atoms with Crippen molar-refractivity contribution in [2.24, 2.45) is 11.1 Å². The van der Waals surface area contributed by atoms with E-state index in [1.807, 2.05) is 29.3 Å². The number of carbonyl (C=O) groups excluding carboxylic acids is 1. The second-order valence-electron chi connectivity index (χ2n) is 8.58. The second kappa shape index (κ2) is 7.60. The lowest BCUT2D eigenvalue weighted by atomic mass is 9.69. The summed E-state index contributed by atoms with van der Waals surface area (Å²) in [6.45, 7) is 6.76. The van der Waals surface area contributed by atoms with Gasteiger partial charge in [0.05, 0.1) is 30.8 Å². The summed E-state index contributed by atoms with van der Waals surface area (Å²) in [4.78, 5) is 13.4. The van der Waals surface area contributed by atoms with Gasteiger partial charge in [-0.3, -0.25) is 9.80 Å². The largest absolute Gasteiger partial charge is 0.383 e. The quantitative estimate of drug-likeness (QED) is 0.733. The highest BCUT2D eigenvalue weighted by molar-refractivity contribution is 9.10. The van der Waals surface area contributed by atoms with E-state index in [-0.39, 0.29) is 11.2 Å². The number of rotatable bonds is 2. The van der Waals surface area contributed by atoms with Crippen LogP contribution in [0.4, 0.5) is 0 Å². The Hall–Kier alpha value is -2.14. The predicted octanol–water partition coefficient (Wildman–Crippen LogP) is 3.43. The topological polar surface area (TPSA) is 82.6 Å². The average Bonchev–Trinajstić information content (AvgIpc) is 2.67. The number of benzene rings is 1. The Balaban J connectivity index is 1.93. The van der Waals surface area contributed by atoms with Crippen LogP contribution in [0.15, 0.2) is 51.4 Å². The maximum Gasteiger partial charge on any atom is 0.162 e. The standard InChI is InChI=1S/C22H25BrN4O2/c1-22(2)11-17-20(18(28)12-22)19(14-4-3-5-15(23)10-14)16(13-24)21(25)27(17)26-6-8-29-9-7-26/h3-5,10,19H,6-9,11-12,25H2,1-2H3/t19-/m1/s1. The van der Waals surface area contributed by atoms with Crippen molar-refractivity contribution in [1.29, 1.82) is 5.26 Å². The molecule has 1 fully saturated rings. The van der Waals surface area contributed by atoms with E-state index in [1.165, 1.54) is 0 Å². The van der Waals surface area contributed by atoms with Gasteiger partial charge >= 0.3 is 0 Å². The number of Topliss-reactive ketones (excluding diaryl/α,β-unsaturated/α-hetero) is 1. The third-order valence-electron chi connectivity index (χ3n) is 5.81. The highest BCUT2D eigenvalue weighted by Gasteiger charge is 2.45. The number of nitrogens with two attached hydrogens (primary N) is 1. The molecule has 1 aliphatic carbocycles. The van der Waals surface area contributed by atoms with Gasteiger partial charge in [0.1, 0.15) is 5.82 Å². The van der Waals surface area contributed by atoms with Crippen LogP contribution < -0.4 is 5.73 Å². The number of morpholine rings is 1. The van der Waals surface area contributed by atoms with Crippen molar-refractivity contribution in [3.05, 3.63) is 57.0 Å². The molecule has 0 unspecified atom stereocenters. The number of hydrogen-bond acceptors (Lipinski definition) is 6. The van der Waals surface area contributed by atoms with Gasteiger partial charge in [0.15, 0.2) is 5.78 Å². The molecule has 2 heterocycles. The van der Waals surface area contributed by atoms with Gasteiger partial charge < -0.3 is 10.5 Å². The highest BCUT2D eigenvalue weighted by atomic mass is 79.9. The lowest BCUT2D eigenvalue weighted by Gasteiger charge is -2.48. The van der Waals surface area contributed by atoms with Crippen LogP contribution in [0.1, 0.15) is 38.2 Å². The number of allylic oxidation sites excluding steroid dienone is 3. The van der Waals surface area contributed by atoms with Gasteiger partial charge in [-0.05, 0) is 29.5 Å². The number of halogens is 1. The van der Waals surface area contributed by atoms with E-state index >= 15 is 0 Å². The summed E-state index contributed by atoms with van der Waals surface area (Å²) < 4.78 is 6.41. The molecule has 2 N–H and O–H groups in total. The van der Waals surface area contributed by atoms with Crippen molar-refractivity contribution in [2.75, 3.05) is 26.3 Å². The van der Waals surface area contributed by atoms with Gasteiger partial charge in [0.2, 0.25) is 0 Å². The maximum atomic E-state index is 13.4. The molecule has 1 atom stereocenters. The maximum absolute atomic E-state index is 13.4. The highest BCUT2D eigenvalue weighted by Crippen LogP contribution is 2.49. The molecule has 0 spiro atoms. The Morgan fingerprint density at radius 2 is 2.00 bits per heavy atom. The molecular weight excluding hydrogens is 432 g/mol. The molecule has 6 nitrogen and oxygen atoms in total. The van der Waals surface area contributed by atoms with Crippen molar-refractivity contribution in [2.45, 2.75) is 32.6 Å². The minimum Gasteiger partial charge on any atom is -0.383 e. The second-order valence-corrected chi connectivity index (χ2v) is 9.49. The molecule has 1 saturated heterocycles. The summed E-state index contributed by atoms with van der Waals surface area (Å²) in [5.74, 6) is 0.0803. The van der Waals surface area contributed by atoms with E-state index in [9.17, 15) is 10.1 Å². The fourth-order valence-electron chi connectivity index (χ4n) is 4.59. The van der Waals surface area contributed by atoms with Crippen molar-refractivity contribution >= 4 is 21.7 Å². The van der Waals surface area contributed by atoms with Crippen LogP contribution in [-0.4, -0.2) is 42.1 Å². The van der Waals surface area contributed by atoms with Gasteiger partial charge in [0.25, 0.3) is 0 Å². The molecule has 0 amide bonds. The third-order valence-corrected chi connectivity index (χ3v) is 6.30. The van der Waals surface area contributed by atoms with E-state index in [1.54, 1.807) is 0 Å². The Kier molecular flexibility index (Phi) is 5.28. The zero-order valence-electron chi connectivity index (χ0n) is 16.7. The molecule has 29 heavy (non-hydrogen) atoms. The summed E-state index contributed by atoms with van der Waals surface area (Å²) in [6.07, 6.45) is 1.20. The van der Waals surface area contributed by atoms with Crippen LogP contribution >= 0.6 is 15.9 Å². The van der Waals surface area contributed by atoms with Gasteiger partial charge in [-0.1, -0.05) is 41.9 Å². The molecular formula is C22H25BrN4O2. The Morgan fingerprint density at radius 3 is 2.66 bits per heavy atom. The van der Waals surface area contributed by atoms with Crippen molar-refractivity contribution in [3.63, 3.8) is 0 Å². The lowest BCUT2D eigenvalue weighted by molar-refractivity contribution is -0.119. The zero-order chi connectivity index (χ0) is 20.8. The molecule has 2 aliphatic heterocycles. The molecule has 7 heteroatoms. The van der Waals surface area contributed by atoms with Gasteiger partial charge in [-0.25, -0.2) is 5.01 Å². The molecule has 3 aliphatic rings. The number of hydrogen-bond donors (Lipinski definition) is 1. The monoisotopic (exact) mass is 456 g/mol. The zero-order valence-corrected chi connectivity index (χ0v) is 18.3. The number of nitriles is 1. The fraction of sp³-hybridized carbons (Fsp3) is 0.455. The smallest absolute Gasteiger partial charge is 0.162 e. The first-order chi connectivity index (χ1) is 13.8. The van der Waals surface area contributed by atoms with Crippen molar-refractivity contribution in [1.82, 2.24) is 10.0 Å². The van der Waals surface area contributed by atoms with E-state index < -0.39 is 5.92 Å². The van der Waals surface area contributed by atoms with Crippen LogP contribution in [0.25, 0.3) is 0 Å².